The Morgan fingerprint density at radius 2 is 0.567 bits per heavy atom. The van der Waals surface area contributed by atoms with Crippen LogP contribution in [0.5, 0.6) is 0 Å². The molecule has 0 bridgehead atoms. The van der Waals surface area contributed by atoms with Crippen LogP contribution in [0.3, 0.4) is 0 Å². The van der Waals surface area contributed by atoms with Gasteiger partial charge in [0.15, 0.2) is 5.69 Å². The Hall–Kier alpha value is -8.99. The minimum absolute atomic E-state index is 0.854. The Labute approximate surface area is 546 Å². The monoisotopic (exact) mass is 1230 g/mol. The minimum Gasteiger partial charge on any atom is -0.264 e. The molecule has 0 saturated heterocycles. The van der Waals surface area contributed by atoms with Gasteiger partial charge in [0.25, 0.3) is 0 Å². The lowest BCUT2D eigenvalue weighted by atomic mass is 10.1. The molecule has 17 nitrogen and oxygen atoms in total. The van der Waals surface area contributed by atoms with Gasteiger partial charge in [0.2, 0.25) is 0 Å². The van der Waals surface area contributed by atoms with Crippen LogP contribution in [0.15, 0.2) is 173 Å². The maximum atomic E-state index is 4.34. The van der Waals surface area contributed by atoms with E-state index in [9.17, 15) is 0 Å². The average Bonchev–Trinajstić information content (AvgIpc) is 2.35. The van der Waals surface area contributed by atoms with E-state index < -0.39 is 0 Å². The summed E-state index contributed by atoms with van der Waals surface area (Å²) in [4.78, 5) is 50.3. The Kier molecular flexibility index (Phi) is 60.1. The minimum atomic E-state index is 0.854. The standard InChI is InChI=1S/3C11H12N3.2C10H11N4.10C2H6/c1-9-8-12-6-4-10(9)11-13-5-3-7-14(11)2;1-9-4-6-12-8-10(9)11-13-5-3-7-14(11)2;1-9-10(5-3-6-12-9)11-13-7-4-8-14(11)2;1-8-9(6-11-7-13-8)10-12-4-3-5-14(10)2;1-8-6-11-7-13-9(8)10-12-4-3-5-14(10)2;10*1-2/h3*3-8H,1-2H3;2*3-7H,1-2H3;10*1-2H3/q5*+1;;;;;;;;;;. The first-order chi connectivity index (χ1) is 43.9. The van der Waals surface area contributed by atoms with E-state index in [-0.39, 0.29) is 0 Å². The summed E-state index contributed by atoms with van der Waals surface area (Å²) in [5, 5.41) is 0. The van der Waals surface area contributed by atoms with Gasteiger partial charge < -0.3 is 0 Å². The van der Waals surface area contributed by atoms with Gasteiger partial charge in [0.05, 0.1) is 94.3 Å². The van der Waals surface area contributed by atoms with Crippen molar-refractivity contribution in [2.45, 2.75) is 173 Å². The molecule has 0 aromatic carbocycles. The van der Waals surface area contributed by atoms with E-state index in [0.29, 0.717) is 0 Å². The molecule has 17 heteroatoms. The summed E-state index contributed by atoms with van der Waals surface area (Å²) in [6.45, 7) is 50.0. The summed E-state index contributed by atoms with van der Waals surface area (Å²) in [6.07, 6.45) is 34.5. The highest BCUT2D eigenvalue weighted by Crippen LogP contribution is 2.18. The molecule has 0 saturated carbocycles. The van der Waals surface area contributed by atoms with Gasteiger partial charge in [-0.1, -0.05) is 138 Å². The van der Waals surface area contributed by atoms with Crippen LogP contribution in [0.2, 0.25) is 0 Å². The van der Waals surface area contributed by atoms with Crippen LogP contribution >= 0.6 is 0 Å². The number of aryl methyl sites for hydroxylation is 10. The van der Waals surface area contributed by atoms with E-state index >= 15 is 0 Å². The van der Waals surface area contributed by atoms with E-state index in [0.717, 1.165) is 79.6 Å². The van der Waals surface area contributed by atoms with E-state index in [4.69, 9.17) is 0 Å². The Bertz CT molecular complexity index is 2560. The van der Waals surface area contributed by atoms with E-state index in [2.05, 4.69) is 66.7 Å². The molecule has 0 fully saturated rings. The lowest BCUT2D eigenvalue weighted by molar-refractivity contribution is -0.663. The molecular formula is C73H118N17+5. The van der Waals surface area contributed by atoms with Gasteiger partial charge >= 0.3 is 29.1 Å². The van der Waals surface area contributed by atoms with Crippen LogP contribution < -0.4 is 22.8 Å². The molecule has 0 atom stereocenters. The molecule has 0 aliphatic heterocycles. The van der Waals surface area contributed by atoms with E-state index in [1.54, 1.807) is 68.3 Å². The van der Waals surface area contributed by atoms with E-state index in [1.165, 1.54) is 11.9 Å². The Morgan fingerprint density at radius 1 is 0.244 bits per heavy atom. The lowest BCUT2D eigenvalue weighted by Gasteiger charge is -2.00. The third kappa shape index (κ3) is 32.8. The van der Waals surface area contributed by atoms with Crippen molar-refractivity contribution in [2.24, 2.45) is 35.2 Å². The van der Waals surface area contributed by atoms with E-state index in [1.807, 2.05) is 322 Å². The highest BCUT2D eigenvalue weighted by Gasteiger charge is 2.18. The summed E-state index contributed by atoms with van der Waals surface area (Å²) < 4.78 is 9.87. The molecule has 0 radical (unpaired) electrons. The molecule has 0 aliphatic carbocycles. The first-order valence-corrected chi connectivity index (χ1v) is 32.3. The summed E-state index contributed by atoms with van der Waals surface area (Å²) in [5.41, 5.74) is 10.4. The fourth-order valence-electron chi connectivity index (χ4n) is 6.87. The number of nitrogens with zero attached hydrogens (tertiary/aromatic N) is 17. The summed E-state index contributed by atoms with van der Waals surface area (Å²) in [5.74, 6) is 4.58. The van der Waals surface area contributed by atoms with Crippen molar-refractivity contribution >= 4 is 0 Å². The van der Waals surface area contributed by atoms with Crippen molar-refractivity contribution in [3.05, 3.63) is 201 Å². The number of hydrogen-bond acceptors (Lipinski definition) is 12. The van der Waals surface area contributed by atoms with Crippen molar-refractivity contribution in [2.75, 3.05) is 0 Å². The van der Waals surface area contributed by atoms with Crippen molar-refractivity contribution < 1.29 is 22.8 Å². The van der Waals surface area contributed by atoms with Gasteiger partial charge in [-0.15, -0.1) is 0 Å². The van der Waals surface area contributed by atoms with Crippen LogP contribution in [0, 0.1) is 34.6 Å². The second-order valence-electron chi connectivity index (χ2n) is 15.9. The zero-order valence-electron chi connectivity index (χ0n) is 61.3. The van der Waals surface area contributed by atoms with Crippen molar-refractivity contribution in [3.63, 3.8) is 0 Å². The molecule has 10 heterocycles. The maximum Gasteiger partial charge on any atom is 0.348 e. The van der Waals surface area contributed by atoms with Crippen molar-refractivity contribution in [1.29, 1.82) is 0 Å². The molecule has 10 aromatic heterocycles. The average molecular weight is 1230 g/mol. The lowest BCUT2D eigenvalue weighted by Crippen LogP contribution is -2.31. The van der Waals surface area contributed by atoms with Gasteiger partial charge in [-0.05, 0) is 94.9 Å². The van der Waals surface area contributed by atoms with Gasteiger partial charge in [-0.3, -0.25) is 15.0 Å². The molecule has 490 valence electrons. The molecule has 90 heavy (non-hydrogen) atoms. The van der Waals surface area contributed by atoms with Gasteiger partial charge in [0.1, 0.15) is 49.2 Å². The van der Waals surface area contributed by atoms with Crippen LogP contribution in [0.25, 0.3) is 57.1 Å². The summed E-state index contributed by atoms with van der Waals surface area (Å²) in [7, 11) is 9.85. The van der Waals surface area contributed by atoms with Crippen LogP contribution in [0.4, 0.5) is 0 Å². The zero-order chi connectivity index (χ0) is 69.8. The van der Waals surface area contributed by atoms with Gasteiger partial charge in [-0.25, -0.2) is 42.8 Å². The molecule has 0 unspecified atom stereocenters. The molecule has 0 amide bonds. The number of hydrogen-bond donors (Lipinski definition) is 0. The summed E-state index contributed by atoms with van der Waals surface area (Å²) in [6, 6.07) is 17.5. The third-order valence-electron chi connectivity index (χ3n) is 10.7. The third-order valence-corrected chi connectivity index (χ3v) is 10.7. The predicted octanol–water partition coefficient (Wildman–Crippen LogP) is 15.4. The topological polar surface area (TPSA) is 174 Å². The second-order valence-corrected chi connectivity index (χ2v) is 15.9. The highest BCUT2D eigenvalue weighted by atomic mass is 15.0. The first-order valence-electron chi connectivity index (χ1n) is 32.3. The van der Waals surface area contributed by atoms with Gasteiger partial charge in [0, 0.05) is 79.3 Å². The quantitative estimate of drug-likeness (QED) is 0.149. The summed E-state index contributed by atoms with van der Waals surface area (Å²) >= 11 is 0. The number of pyridine rings is 3. The predicted molar refractivity (Wildman–Crippen MR) is 376 cm³/mol. The fourth-order valence-corrected chi connectivity index (χ4v) is 6.87. The molecule has 0 spiro atoms. The maximum absolute atomic E-state index is 4.34. The molecule has 10 aromatic rings. The Morgan fingerprint density at radius 3 is 0.956 bits per heavy atom. The van der Waals surface area contributed by atoms with Crippen molar-refractivity contribution in [3.8, 4) is 57.1 Å². The van der Waals surface area contributed by atoms with Gasteiger partial charge in [-0.2, -0.15) is 0 Å². The van der Waals surface area contributed by atoms with Crippen molar-refractivity contribution in [1.82, 2.24) is 59.8 Å². The zero-order valence-corrected chi connectivity index (χ0v) is 61.3. The largest absolute Gasteiger partial charge is 0.348 e. The number of rotatable bonds is 5. The SMILES string of the molecule is CC.CC.CC.CC.CC.CC.CC.CC.CC.CC.Cc1ccncc1-c1nccc[n+]1C.Cc1cnccc1-c1nccc[n+]1C.Cc1cncnc1-c1nccc[n+]1C.Cc1ncccc1-c1nccc[n+]1C.Cc1ncncc1-c1nccc[n+]1C. The Balaban J connectivity index is -0.000000312. The van der Waals surface area contributed by atoms with Crippen LogP contribution in [-0.4, -0.2) is 59.8 Å². The normalized spacial score (nSPS) is 8.56. The smallest absolute Gasteiger partial charge is 0.264 e. The highest BCUT2D eigenvalue weighted by molar-refractivity contribution is 5.57. The van der Waals surface area contributed by atoms with Crippen LogP contribution in [-0.2, 0) is 35.2 Å². The second kappa shape index (κ2) is 60.3. The molecule has 0 aliphatic rings. The fraction of sp³-hybridized carbons (Fsp3) is 0.411. The van der Waals surface area contributed by atoms with Crippen LogP contribution in [0.1, 0.15) is 167 Å². The molecule has 0 N–H and O–H groups in total. The molecule has 10 rings (SSSR count). The first kappa shape index (κ1) is 89.8. The molecular weight excluding hydrogens is 1110 g/mol. The number of aromatic nitrogens is 17.